The first-order valence-electron chi connectivity index (χ1n) is 13.4. The lowest BCUT2D eigenvalue weighted by Crippen LogP contribution is -2.29. The van der Waals surface area contributed by atoms with Crippen LogP contribution in [0.25, 0.3) is 22.3 Å². The molecule has 0 saturated heterocycles. The van der Waals surface area contributed by atoms with Gasteiger partial charge >= 0.3 is 0 Å². The van der Waals surface area contributed by atoms with Crippen LogP contribution in [0.1, 0.15) is 19.7 Å². The summed E-state index contributed by atoms with van der Waals surface area (Å²) in [7, 11) is 7.47. The lowest BCUT2D eigenvalue weighted by atomic mass is 10.1. The molecule has 42 heavy (non-hydrogen) atoms. The molecule has 0 fully saturated rings. The van der Waals surface area contributed by atoms with Crippen LogP contribution in [-0.2, 0) is 10.5 Å². The summed E-state index contributed by atoms with van der Waals surface area (Å²) in [5, 5.41) is 16.7. The minimum Gasteiger partial charge on any atom is -0.494 e. The summed E-state index contributed by atoms with van der Waals surface area (Å²) < 4.78 is 22.4. The van der Waals surface area contributed by atoms with E-state index >= 15 is 4.39 Å². The number of amides is 1. The number of fused-ring (bicyclic) bond motifs is 1. The molecule has 12 heteroatoms. The smallest absolute Gasteiger partial charge is 0.247 e. The molecule has 0 aliphatic carbocycles. The van der Waals surface area contributed by atoms with Gasteiger partial charge in [0.15, 0.2) is 5.82 Å². The van der Waals surface area contributed by atoms with E-state index in [0.717, 1.165) is 12.2 Å². The van der Waals surface area contributed by atoms with Crippen molar-refractivity contribution in [2.75, 3.05) is 56.9 Å². The van der Waals surface area contributed by atoms with Gasteiger partial charge in [-0.2, -0.15) is 0 Å². The number of aryl methyl sites for hydroxylation is 1. The van der Waals surface area contributed by atoms with E-state index in [4.69, 9.17) is 4.74 Å². The quantitative estimate of drug-likeness (QED) is 0.222. The lowest BCUT2D eigenvalue weighted by Gasteiger charge is -2.26. The van der Waals surface area contributed by atoms with Crippen molar-refractivity contribution in [2.45, 2.75) is 26.5 Å². The molecule has 0 spiro atoms. The molecule has 0 unspecified atom stereocenters. The Kier molecular flexibility index (Phi) is 8.78. The fourth-order valence-corrected chi connectivity index (χ4v) is 4.70. The molecule has 0 bridgehead atoms. The number of nitrogens with one attached hydrogen (secondary N) is 2. The van der Waals surface area contributed by atoms with Crippen LogP contribution in [0.2, 0.25) is 0 Å². The first-order valence-corrected chi connectivity index (χ1v) is 13.4. The van der Waals surface area contributed by atoms with E-state index in [-0.39, 0.29) is 17.4 Å². The third-order valence-corrected chi connectivity index (χ3v) is 6.68. The molecule has 0 aliphatic heterocycles. The number of carbonyl (C=O) groups is 1. The molecule has 3 N–H and O–H groups in total. The molecular weight excluding hydrogens is 539 g/mol. The number of hydrogen-bond acceptors (Lipinski definition) is 9. The van der Waals surface area contributed by atoms with Crippen molar-refractivity contribution in [3.63, 3.8) is 0 Å². The average molecular weight is 577 g/mol. The molecule has 4 rings (SSSR count). The second-order valence-corrected chi connectivity index (χ2v) is 10.7. The number of halogens is 1. The van der Waals surface area contributed by atoms with Gasteiger partial charge in [0.2, 0.25) is 11.9 Å². The molecule has 0 saturated carbocycles. The Bertz CT molecular complexity index is 1630. The van der Waals surface area contributed by atoms with Crippen molar-refractivity contribution in [2.24, 2.45) is 0 Å². The minimum absolute atomic E-state index is 0.167. The van der Waals surface area contributed by atoms with Crippen LogP contribution in [0.5, 0.6) is 5.75 Å². The Hall–Kier alpha value is -4.55. The van der Waals surface area contributed by atoms with E-state index < -0.39 is 11.5 Å². The Morgan fingerprint density at radius 1 is 1.17 bits per heavy atom. The molecule has 0 radical (unpaired) electrons. The summed E-state index contributed by atoms with van der Waals surface area (Å²) in [4.78, 5) is 29.6. The number of nitrogens with zero attached hydrogens (tertiary/aromatic N) is 6. The van der Waals surface area contributed by atoms with Gasteiger partial charge in [0.1, 0.15) is 22.8 Å². The van der Waals surface area contributed by atoms with Crippen LogP contribution in [0.4, 0.5) is 27.4 Å². The maximum absolute atomic E-state index is 15.2. The zero-order valence-electron chi connectivity index (χ0n) is 25.0. The third kappa shape index (κ3) is 6.50. The van der Waals surface area contributed by atoms with Gasteiger partial charge in [-0.1, -0.05) is 6.58 Å². The van der Waals surface area contributed by atoms with E-state index in [2.05, 4.69) is 37.1 Å². The van der Waals surface area contributed by atoms with Crippen LogP contribution in [0, 0.1) is 12.7 Å². The number of carbonyl (C=O) groups excluding carboxylic acids is 1. The van der Waals surface area contributed by atoms with E-state index in [1.54, 1.807) is 56.8 Å². The monoisotopic (exact) mass is 576 g/mol. The predicted octanol–water partition coefficient (Wildman–Crippen LogP) is 4.50. The number of hydrogen-bond donors (Lipinski definition) is 3. The van der Waals surface area contributed by atoms with Crippen LogP contribution in [0.15, 0.2) is 49.2 Å². The van der Waals surface area contributed by atoms with Crippen LogP contribution >= 0.6 is 0 Å². The zero-order chi connectivity index (χ0) is 30.8. The van der Waals surface area contributed by atoms with Gasteiger partial charge in [-0.05, 0) is 65.2 Å². The van der Waals surface area contributed by atoms with Crippen molar-refractivity contribution in [1.82, 2.24) is 24.4 Å². The standard InChI is InChI=1S/C30H37FN8O3/c1-9-27(40)34-22-16-23(26(42-8)17-24(22)38(7)13-12-37(5)6)36-29-32-11-10-21(35-29)19-14-20(31)28-25(15-19)39(18(2)33-28)30(3,4)41/h9-11,14-17,41H,1,12-13H2,2-8H3,(H,34,40)(H,32,35,36). The normalized spacial score (nSPS) is 11.6. The minimum atomic E-state index is -1.29. The van der Waals surface area contributed by atoms with Crippen molar-refractivity contribution >= 4 is 40.0 Å². The van der Waals surface area contributed by atoms with Crippen LogP contribution in [0.3, 0.4) is 0 Å². The van der Waals surface area contributed by atoms with Gasteiger partial charge < -0.3 is 30.3 Å². The molecule has 222 valence electrons. The highest BCUT2D eigenvalue weighted by Gasteiger charge is 2.24. The number of likely N-dealkylation sites (N-methyl/N-ethyl adjacent to an activating group) is 2. The van der Waals surface area contributed by atoms with Gasteiger partial charge in [0, 0.05) is 38.0 Å². The second-order valence-electron chi connectivity index (χ2n) is 10.7. The van der Waals surface area contributed by atoms with E-state index in [0.29, 0.717) is 46.3 Å². The lowest BCUT2D eigenvalue weighted by molar-refractivity contribution is -0.111. The van der Waals surface area contributed by atoms with Gasteiger partial charge in [0.05, 0.1) is 35.4 Å². The van der Waals surface area contributed by atoms with Crippen molar-refractivity contribution in [3.05, 3.63) is 60.8 Å². The molecule has 0 aliphatic rings. The number of benzene rings is 2. The number of imidazole rings is 1. The maximum atomic E-state index is 15.2. The first kappa shape index (κ1) is 30.4. The largest absolute Gasteiger partial charge is 0.494 e. The molecule has 2 heterocycles. The van der Waals surface area contributed by atoms with E-state index in [9.17, 15) is 9.90 Å². The summed E-state index contributed by atoms with van der Waals surface area (Å²) in [5.41, 5.74) is 2.07. The van der Waals surface area contributed by atoms with Crippen molar-refractivity contribution in [1.29, 1.82) is 0 Å². The molecule has 4 aromatic rings. The summed E-state index contributed by atoms with van der Waals surface area (Å²) in [6.45, 7) is 10.0. The Morgan fingerprint density at radius 3 is 2.55 bits per heavy atom. The Morgan fingerprint density at radius 2 is 1.90 bits per heavy atom. The molecule has 2 aromatic carbocycles. The number of methoxy groups -OCH3 is 1. The fraction of sp³-hybridized carbons (Fsp3) is 0.333. The summed E-state index contributed by atoms with van der Waals surface area (Å²) >= 11 is 0. The third-order valence-electron chi connectivity index (χ3n) is 6.68. The Balaban J connectivity index is 1.74. The van der Waals surface area contributed by atoms with Crippen LogP contribution in [-0.4, -0.2) is 76.8 Å². The highest BCUT2D eigenvalue weighted by atomic mass is 19.1. The second kappa shape index (κ2) is 12.1. The molecule has 2 aromatic heterocycles. The van der Waals surface area contributed by atoms with E-state index in [1.807, 2.05) is 32.1 Å². The number of anilines is 4. The Labute approximate surface area is 244 Å². The summed E-state index contributed by atoms with van der Waals surface area (Å²) in [5.74, 6) is 0.336. The van der Waals surface area contributed by atoms with Crippen molar-refractivity contribution < 1.29 is 19.0 Å². The molecular formula is C30H37FN8O3. The highest BCUT2D eigenvalue weighted by molar-refractivity contribution is 6.02. The van der Waals surface area contributed by atoms with E-state index in [1.165, 1.54) is 12.1 Å². The van der Waals surface area contributed by atoms with Gasteiger partial charge in [0.25, 0.3) is 0 Å². The zero-order valence-corrected chi connectivity index (χ0v) is 25.0. The first-order chi connectivity index (χ1) is 19.8. The topological polar surface area (TPSA) is 121 Å². The summed E-state index contributed by atoms with van der Waals surface area (Å²) in [6.07, 6.45) is 2.76. The fourth-order valence-electron chi connectivity index (χ4n) is 4.70. The van der Waals surface area contributed by atoms with Gasteiger partial charge in [-0.3, -0.25) is 9.36 Å². The summed E-state index contributed by atoms with van der Waals surface area (Å²) in [6, 6.07) is 8.33. The van der Waals surface area contributed by atoms with Crippen LogP contribution < -0.4 is 20.3 Å². The average Bonchev–Trinajstić information content (AvgIpc) is 3.28. The predicted molar refractivity (Wildman–Crippen MR) is 164 cm³/mol. The molecule has 0 atom stereocenters. The SMILES string of the molecule is C=CC(=O)Nc1cc(Nc2nccc(-c3cc(F)c4nc(C)n(C(C)(C)O)c4c3)n2)c(OC)cc1N(C)CCN(C)C. The molecule has 1 amide bonds. The molecule has 11 nitrogen and oxygen atoms in total. The van der Waals surface area contributed by atoms with Crippen molar-refractivity contribution in [3.8, 4) is 17.0 Å². The number of aromatic nitrogens is 4. The number of ether oxygens (including phenoxy) is 1. The van der Waals surface area contributed by atoms with Gasteiger partial charge in [-0.15, -0.1) is 0 Å². The highest BCUT2D eigenvalue weighted by Crippen LogP contribution is 2.38. The maximum Gasteiger partial charge on any atom is 0.247 e. The number of aliphatic hydroxyl groups is 1. The number of rotatable bonds is 11. The van der Waals surface area contributed by atoms with Gasteiger partial charge in [-0.25, -0.2) is 19.3 Å².